The molecule has 1 aromatic carbocycles. The van der Waals surface area contributed by atoms with E-state index in [1.807, 2.05) is 12.1 Å². The molecule has 0 bridgehead atoms. The third-order valence-corrected chi connectivity index (χ3v) is 7.89. The molecule has 0 heterocycles. The number of carbonyl (C=O) groups excluding carboxylic acids is 2. The maximum absolute atomic E-state index is 12.1. The van der Waals surface area contributed by atoms with Crippen molar-refractivity contribution in [3.05, 3.63) is 29.3 Å². The Morgan fingerprint density at radius 2 is 1.86 bits per heavy atom. The van der Waals surface area contributed by atoms with Gasteiger partial charge in [0.25, 0.3) is 0 Å². The van der Waals surface area contributed by atoms with E-state index in [1.54, 1.807) is 0 Å². The van der Waals surface area contributed by atoms with Crippen LogP contribution in [-0.4, -0.2) is 32.1 Å². The number of nitrogens with one attached hydrogen (secondary N) is 1. The summed E-state index contributed by atoms with van der Waals surface area (Å²) < 4.78 is 0. The van der Waals surface area contributed by atoms with E-state index in [1.165, 1.54) is 12.1 Å². The molecule has 0 unspecified atom stereocenters. The first-order valence-corrected chi connectivity index (χ1v) is 11.6. The minimum atomic E-state index is -1.61. The highest BCUT2D eigenvalue weighted by Crippen LogP contribution is 2.13. The van der Waals surface area contributed by atoms with Crippen molar-refractivity contribution in [1.29, 1.82) is 0 Å². The minimum absolute atomic E-state index is 0.0186. The maximum atomic E-state index is 12.1. The monoisotopic (exact) mass is 357 g/mol. The van der Waals surface area contributed by atoms with Crippen LogP contribution in [0.4, 0.5) is 0 Å². The van der Waals surface area contributed by atoms with Gasteiger partial charge in [-0.3, -0.25) is 4.79 Å². The number of amides is 1. The number of halogens is 1. The number of Topliss-reactive ketones (excluding diaryl/α,β-unsaturated/α-hetero) is 1. The quantitative estimate of drug-likeness (QED) is 0.555. The van der Waals surface area contributed by atoms with Crippen molar-refractivity contribution < 1.29 is 9.59 Å². The van der Waals surface area contributed by atoms with E-state index in [2.05, 4.69) is 43.2 Å². The molecule has 0 aliphatic rings. The van der Waals surface area contributed by atoms with Crippen molar-refractivity contribution in [1.82, 2.24) is 5.32 Å². The standard InChI is InChI=1S/C16H24ClNO2SSi/c1-12(19)10-13(11-21)16(20)18-8-9-22(2,3)15-6-4-14(17)5-7-15/h4-7,13,21H,8-11H2,1-3H3,(H,18,20)/t13-/m0/s1. The Hall–Kier alpha value is -0.783. The molecule has 0 saturated carbocycles. The molecule has 122 valence electrons. The van der Waals surface area contributed by atoms with E-state index in [0.29, 0.717) is 12.3 Å². The number of rotatable bonds is 8. The van der Waals surface area contributed by atoms with Crippen LogP contribution in [0.1, 0.15) is 13.3 Å². The number of benzene rings is 1. The first-order valence-electron chi connectivity index (χ1n) is 7.40. The van der Waals surface area contributed by atoms with Crippen LogP contribution in [0.5, 0.6) is 0 Å². The fourth-order valence-corrected chi connectivity index (χ4v) is 4.80. The number of ketones is 1. The topological polar surface area (TPSA) is 46.2 Å². The van der Waals surface area contributed by atoms with Crippen LogP contribution < -0.4 is 10.5 Å². The van der Waals surface area contributed by atoms with Gasteiger partial charge in [-0.15, -0.1) is 0 Å². The Morgan fingerprint density at radius 3 is 2.36 bits per heavy atom. The van der Waals surface area contributed by atoms with Gasteiger partial charge in [-0.25, -0.2) is 0 Å². The zero-order chi connectivity index (χ0) is 16.8. The molecule has 1 rings (SSSR count). The summed E-state index contributed by atoms with van der Waals surface area (Å²) in [6, 6.07) is 8.91. The van der Waals surface area contributed by atoms with Crippen molar-refractivity contribution in [2.45, 2.75) is 32.5 Å². The van der Waals surface area contributed by atoms with Crippen molar-refractivity contribution in [3.63, 3.8) is 0 Å². The lowest BCUT2D eigenvalue weighted by Crippen LogP contribution is -2.44. The molecule has 22 heavy (non-hydrogen) atoms. The predicted octanol–water partition coefficient (Wildman–Crippen LogP) is 2.90. The van der Waals surface area contributed by atoms with Gasteiger partial charge < -0.3 is 10.1 Å². The summed E-state index contributed by atoms with van der Waals surface area (Å²) in [5.74, 6) is 0.000910. The Kier molecular flexibility index (Phi) is 7.66. The van der Waals surface area contributed by atoms with Gasteiger partial charge in [0.05, 0.1) is 14.0 Å². The molecule has 0 radical (unpaired) electrons. The van der Waals surface area contributed by atoms with Crippen molar-refractivity contribution in [2.24, 2.45) is 5.92 Å². The summed E-state index contributed by atoms with van der Waals surface area (Å²) >= 11 is 10.1. The Labute approximate surface area is 144 Å². The number of hydrogen-bond acceptors (Lipinski definition) is 3. The molecule has 3 nitrogen and oxygen atoms in total. The van der Waals surface area contributed by atoms with E-state index in [0.717, 1.165) is 11.1 Å². The van der Waals surface area contributed by atoms with Crippen LogP contribution in [0.2, 0.25) is 24.2 Å². The molecule has 0 spiro atoms. The number of carbonyl (C=O) groups is 2. The zero-order valence-corrected chi connectivity index (χ0v) is 16.0. The second-order valence-electron chi connectivity index (χ2n) is 6.22. The van der Waals surface area contributed by atoms with Gasteiger partial charge in [-0.05, 0) is 25.1 Å². The molecule has 1 amide bonds. The van der Waals surface area contributed by atoms with Gasteiger partial charge in [0.15, 0.2) is 0 Å². The molecule has 6 heteroatoms. The molecule has 1 N–H and O–H groups in total. The molecule has 1 aromatic rings. The van der Waals surface area contributed by atoms with E-state index >= 15 is 0 Å². The lowest BCUT2D eigenvalue weighted by atomic mass is 10.0. The average molecular weight is 358 g/mol. The first-order chi connectivity index (χ1) is 10.3. The largest absolute Gasteiger partial charge is 0.356 e. The normalized spacial score (nSPS) is 12.8. The predicted molar refractivity (Wildman–Crippen MR) is 99.0 cm³/mol. The van der Waals surface area contributed by atoms with Gasteiger partial charge in [0.2, 0.25) is 5.91 Å². The van der Waals surface area contributed by atoms with Gasteiger partial charge >= 0.3 is 0 Å². The van der Waals surface area contributed by atoms with E-state index < -0.39 is 8.07 Å². The maximum Gasteiger partial charge on any atom is 0.224 e. The summed E-state index contributed by atoms with van der Waals surface area (Å²) in [6.07, 6.45) is 0.257. The van der Waals surface area contributed by atoms with Crippen LogP contribution in [0, 0.1) is 5.92 Å². The first kappa shape index (κ1) is 19.3. The molecule has 0 saturated heterocycles. The summed E-state index contributed by atoms with van der Waals surface area (Å²) in [5, 5.41) is 5.00. The van der Waals surface area contributed by atoms with Crippen LogP contribution in [-0.2, 0) is 9.59 Å². The van der Waals surface area contributed by atoms with Crippen LogP contribution >= 0.6 is 24.2 Å². The van der Waals surface area contributed by atoms with E-state index in [4.69, 9.17) is 11.6 Å². The molecule has 0 aliphatic carbocycles. The van der Waals surface area contributed by atoms with Crippen molar-refractivity contribution in [2.75, 3.05) is 12.3 Å². The third-order valence-electron chi connectivity index (χ3n) is 3.80. The molecular formula is C16H24ClNO2SSi. The Bertz CT molecular complexity index is 519. The van der Waals surface area contributed by atoms with Crippen LogP contribution in [0.25, 0.3) is 0 Å². The molecule has 1 atom stereocenters. The second-order valence-corrected chi connectivity index (χ2v) is 11.9. The van der Waals surface area contributed by atoms with E-state index in [-0.39, 0.29) is 24.0 Å². The number of hydrogen-bond donors (Lipinski definition) is 2. The fourth-order valence-electron chi connectivity index (χ4n) is 2.28. The summed E-state index contributed by atoms with van der Waals surface area (Å²) in [5.41, 5.74) is 0. The van der Waals surface area contributed by atoms with Crippen LogP contribution in [0.15, 0.2) is 24.3 Å². The average Bonchev–Trinajstić information content (AvgIpc) is 2.44. The van der Waals surface area contributed by atoms with Crippen LogP contribution in [0.3, 0.4) is 0 Å². The smallest absolute Gasteiger partial charge is 0.224 e. The minimum Gasteiger partial charge on any atom is -0.356 e. The lowest BCUT2D eigenvalue weighted by Gasteiger charge is -2.24. The Balaban J connectivity index is 2.53. The molecule has 0 fully saturated rings. The van der Waals surface area contributed by atoms with E-state index in [9.17, 15) is 9.59 Å². The van der Waals surface area contributed by atoms with Gasteiger partial charge in [0, 0.05) is 23.7 Å². The molecule has 0 aliphatic heterocycles. The fraction of sp³-hybridized carbons (Fsp3) is 0.500. The lowest BCUT2D eigenvalue weighted by molar-refractivity contribution is -0.128. The highest BCUT2D eigenvalue weighted by Gasteiger charge is 2.24. The third kappa shape index (κ3) is 6.14. The summed E-state index contributed by atoms with van der Waals surface area (Å²) in [6.45, 7) is 6.67. The van der Waals surface area contributed by atoms with Gasteiger partial charge in [0.1, 0.15) is 5.78 Å². The highest BCUT2D eigenvalue weighted by molar-refractivity contribution is 7.80. The zero-order valence-electron chi connectivity index (χ0n) is 13.4. The molecular weight excluding hydrogens is 334 g/mol. The van der Waals surface area contributed by atoms with Gasteiger partial charge in [-0.1, -0.05) is 42.0 Å². The van der Waals surface area contributed by atoms with Crippen molar-refractivity contribution >= 4 is 49.2 Å². The van der Waals surface area contributed by atoms with Crippen molar-refractivity contribution in [3.8, 4) is 0 Å². The summed E-state index contributed by atoms with van der Waals surface area (Å²) in [7, 11) is -1.61. The highest BCUT2D eigenvalue weighted by atomic mass is 35.5. The number of thiol groups is 1. The summed E-state index contributed by atoms with van der Waals surface area (Å²) in [4.78, 5) is 23.2. The molecule has 0 aromatic heterocycles. The Morgan fingerprint density at radius 1 is 1.27 bits per heavy atom. The SMILES string of the molecule is CC(=O)C[C@@H](CS)C(=O)NCC[Si](C)(C)c1ccc(Cl)cc1. The second kappa shape index (κ2) is 8.75. The van der Waals surface area contributed by atoms with Gasteiger partial charge in [-0.2, -0.15) is 12.6 Å².